The second kappa shape index (κ2) is 8.57. The molecule has 3 aromatic rings. The van der Waals surface area contributed by atoms with Gasteiger partial charge >= 0.3 is 6.09 Å². The van der Waals surface area contributed by atoms with Crippen molar-refractivity contribution in [2.75, 3.05) is 18.0 Å². The van der Waals surface area contributed by atoms with Gasteiger partial charge in [-0.2, -0.15) is 0 Å². The predicted octanol–water partition coefficient (Wildman–Crippen LogP) is 4.72. The van der Waals surface area contributed by atoms with Gasteiger partial charge in [0.15, 0.2) is 0 Å². The van der Waals surface area contributed by atoms with E-state index in [1.54, 1.807) is 12.1 Å². The third-order valence-corrected chi connectivity index (χ3v) is 5.29. The molecule has 31 heavy (non-hydrogen) atoms. The second-order valence-corrected chi connectivity index (χ2v) is 9.05. The zero-order valence-electron chi connectivity index (χ0n) is 18.3. The van der Waals surface area contributed by atoms with Gasteiger partial charge in [-0.25, -0.2) is 14.2 Å². The fourth-order valence-electron chi connectivity index (χ4n) is 4.03. The average Bonchev–Trinajstić information content (AvgIpc) is 3.05. The van der Waals surface area contributed by atoms with E-state index < -0.39 is 11.7 Å². The maximum Gasteiger partial charge on any atom is 0.407 e. The van der Waals surface area contributed by atoms with Gasteiger partial charge < -0.3 is 19.5 Å². The maximum absolute atomic E-state index is 13.8. The molecule has 4 rings (SSSR count). The molecule has 1 unspecified atom stereocenters. The Morgan fingerprint density at radius 1 is 1.23 bits per heavy atom. The fourth-order valence-corrected chi connectivity index (χ4v) is 4.03. The van der Waals surface area contributed by atoms with Crippen molar-refractivity contribution in [3.63, 3.8) is 0 Å². The molecule has 2 aromatic carbocycles. The summed E-state index contributed by atoms with van der Waals surface area (Å²) in [6.45, 7) is 7.58. The monoisotopic (exact) mass is 424 g/mol. The molecule has 0 bridgehead atoms. The van der Waals surface area contributed by atoms with E-state index in [1.807, 2.05) is 51.1 Å². The van der Waals surface area contributed by atoms with Crippen LogP contribution in [0.2, 0.25) is 0 Å². The number of alkyl carbamates (subject to hydrolysis) is 1. The Hall–Kier alpha value is -3.09. The SMILES string of the molecule is CC(C)(C)OC(=O)NC1CCCN(c2nc3ccccc3n2Cc2cccc(F)c2)C1. The standard InChI is InChI=1S/C24H29FN4O2/c1-24(2,3)31-23(30)26-19-10-7-13-28(16-19)22-27-20-11-4-5-12-21(20)29(22)15-17-8-6-9-18(25)14-17/h4-6,8-9,11-12,14,19H,7,10,13,15-16H2,1-3H3,(H,26,30). The lowest BCUT2D eigenvalue weighted by molar-refractivity contribution is 0.0500. The van der Waals surface area contributed by atoms with Gasteiger partial charge in [-0.1, -0.05) is 24.3 Å². The molecular weight excluding hydrogens is 395 g/mol. The van der Waals surface area contributed by atoms with Crippen LogP contribution in [-0.4, -0.2) is 40.4 Å². The Morgan fingerprint density at radius 3 is 2.81 bits per heavy atom. The minimum Gasteiger partial charge on any atom is -0.444 e. The van der Waals surface area contributed by atoms with Crippen molar-refractivity contribution in [3.8, 4) is 0 Å². The number of ether oxygens (including phenoxy) is 1. The number of anilines is 1. The van der Waals surface area contributed by atoms with E-state index >= 15 is 0 Å². The largest absolute Gasteiger partial charge is 0.444 e. The molecule has 0 spiro atoms. The van der Waals surface area contributed by atoms with Gasteiger partial charge in [0.05, 0.1) is 17.6 Å². The molecule has 0 saturated carbocycles. The summed E-state index contributed by atoms with van der Waals surface area (Å²) in [4.78, 5) is 19.3. The zero-order valence-corrected chi connectivity index (χ0v) is 18.3. The van der Waals surface area contributed by atoms with E-state index in [-0.39, 0.29) is 11.9 Å². The third-order valence-electron chi connectivity index (χ3n) is 5.29. The van der Waals surface area contributed by atoms with Crippen LogP contribution in [0.5, 0.6) is 0 Å². The van der Waals surface area contributed by atoms with Crippen molar-refractivity contribution < 1.29 is 13.9 Å². The van der Waals surface area contributed by atoms with Crippen LogP contribution < -0.4 is 10.2 Å². The first-order valence-electron chi connectivity index (χ1n) is 10.7. The molecule has 0 aliphatic carbocycles. The van der Waals surface area contributed by atoms with Crippen molar-refractivity contribution in [3.05, 3.63) is 59.9 Å². The van der Waals surface area contributed by atoms with Gasteiger partial charge in [0.25, 0.3) is 0 Å². The van der Waals surface area contributed by atoms with Gasteiger partial charge in [-0.3, -0.25) is 0 Å². The highest BCUT2D eigenvalue weighted by molar-refractivity contribution is 5.79. The summed E-state index contributed by atoms with van der Waals surface area (Å²) in [5, 5.41) is 3.00. The van der Waals surface area contributed by atoms with E-state index in [2.05, 4.69) is 14.8 Å². The van der Waals surface area contributed by atoms with Crippen LogP contribution in [-0.2, 0) is 11.3 Å². The van der Waals surface area contributed by atoms with Crippen LogP contribution in [0.4, 0.5) is 15.1 Å². The Balaban J connectivity index is 1.59. The number of halogens is 1. The number of hydrogen-bond donors (Lipinski definition) is 1. The molecule has 164 valence electrons. The molecule has 1 atom stereocenters. The normalized spacial score (nSPS) is 17.0. The minimum atomic E-state index is -0.530. The fraction of sp³-hybridized carbons (Fsp3) is 0.417. The number of nitrogens with zero attached hydrogens (tertiary/aromatic N) is 3. The lowest BCUT2D eigenvalue weighted by Gasteiger charge is -2.34. The first-order chi connectivity index (χ1) is 14.8. The molecular formula is C24H29FN4O2. The van der Waals surface area contributed by atoms with Gasteiger partial charge in [0, 0.05) is 19.1 Å². The number of imidazole rings is 1. The number of rotatable bonds is 4. The van der Waals surface area contributed by atoms with Crippen molar-refractivity contribution in [1.82, 2.24) is 14.9 Å². The van der Waals surface area contributed by atoms with E-state index in [0.717, 1.165) is 41.9 Å². The number of fused-ring (bicyclic) bond motifs is 1. The number of carbonyl (C=O) groups is 1. The highest BCUT2D eigenvalue weighted by Crippen LogP contribution is 2.26. The van der Waals surface area contributed by atoms with Crippen LogP contribution in [0.15, 0.2) is 48.5 Å². The van der Waals surface area contributed by atoms with Crippen molar-refractivity contribution in [1.29, 1.82) is 0 Å². The number of amides is 1. The molecule has 0 radical (unpaired) electrons. The average molecular weight is 425 g/mol. The summed E-state index contributed by atoms with van der Waals surface area (Å²) in [6, 6.07) is 14.6. The van der Waals surface area contributed by atoms with E-state index in [9.17, 15) is 9.18 Å². The third kappa shape index (κ3) is 5.16. The molecule has 1 N–H and O–H groups in total. The molecule has 7 heteroatoms. The van der Waals surface area contributed by atoms with Gasteiger partial charge in [-0.05, 0) is 63.4 Å². The first-order valence-corrected chi connectivity index (χ1v) is 10.7. The van der Waals surface area contributed by atoms with Crippen molar-refractivity contribution >= 4 is 23.1 Å². The van der Waals surface area contributed by atoms with Crippen molar-refractivity contribution in [2.24, 2.45) is 0 Å². The maximum atomic E-state index is 13.8. The number of benzene rings is 2. The topological polar surface area (TPSA) is 59.4 Å². The summed E-state index contributed by atoms with van der Waals surface area (Å²) in [6.07, 6.45) is 1.43. The smallest absolute Gasteiger partial charge is 0.407 e. The van der Waals surface area contributed by atoms with Crippen LogP contribution in [0, 0.1) is 5.82 Å². The van der Waals surface area contributed by atoms with Crippen LogP contribution in [0.1, 0.15) is 39.2 Å². The number of para-hydroxylation sites is 2. The Labute approximate surface area is 182 Å². The molecule has 6 nitrogen and oxygen atoms in total. The Bertz CT molecular complexity index is 1070. The Morgan fingerprint density at radius 2 is 2.03 bits per heavy atom. The zero-order chi connectivity index (χ0) is 22.0. The molecule has 1 aliphatic rings. The highest BCUT2D eigenvalue weighted by Gasteiger charge is 2.27. The summed E-state index contributed by atoms with van der Waals surface area (Å²) < 4.78 is 21.3. The second-order valence-electron chi connectivity index (χ2n) is 9.05. The van der Waals surface area contributed by atoms with E-state index in [0.29, 0.717) is 13.1 Å². The van der Waals surface area contributed by atoms with Gasteiger partial charge in [0.1, 0.15) is 11.4 Å². The summed E-state index contributed by atoms with van der Waals surface area (Å²) in [5.41, 5.74) is 2.25. The first kappa shape index (κ1) is 21.2. The highest BCUT2D eigenvalue weighted by atomic mass is 19.1. The molecule has 2 heterocycles. The molecule has 1 aliphatic heterocycles. The van der Waals surface area contributed by atoms with E-state index in [4.69, 9.17) is 9.72 Å². The molecule has 1 aromatic heterocycles. The minimum absolute atomic E-state index is 0.0222. The molecule has 1 saturated heterocycles. The van der Waals surface area contributed by atoms with Gasteiger partial charge in [-0.15, -0.1) is 0 Å². The summed E-state index contributed by atoms with van der Waals surface area (Å²) >= 11 is 0. The number of carbonyl (C=O) groups excluding carboxylic acids is 1. The quantitative estimate of drug-likeness (QED) is 0.659. The van der Waals surface area contributed by atoms with Gasteiger partial charge in [0.2, 0.25) is 5.95 Å². The lowest BCUT2D eigenvalue weighted by atomic mass is 10.1. The molecule has 1 amide bonds. The number of nitrogens with one attached hydrogen (secondary N) is 1. The Kier molecular flexibility index (Phi) is 5.85. The number of aromatic nitrogens is 2. The van der Waals surface area contributed by atoms with Crippen molar-refractivity contribution in [2.45, 2.75) is 51.8 Å². The van der Waals surface area contributed by atoms with Crippen LogP contribution in [0.25, 0.3) is 11.0 Å². The lowest BCUT2D eigenvalue weighted by Crippen LogP contribution is -2.49. The van der Waals surface area contributed by atoms with E-state index in [1.165, 1.54) is 6.07 Å². The van der Waals surface area contributed by atoms with Crippen LogP contribution >= 0.6 is 0 Å². The number of piperidine rings is 1. The number of hydrogen-bond acceptors (Lipinski definition) is 4. The molecule has 1 fully saturated rings. The summed E-state index contributed by atoms with van der Waals surface area (Å²) in [7, 11) is 0. The predicted molar refractivity (Wildman–Crippen MR) is 120 cm³/mol. The summed E-state index contributed by atoms with van der Waals surface area (Å²) in [5.74, 6) is 0.587. The van der Waals surface area contributed by atoms with Crippen LogP contribution in [0.3, 0.4) is 0 Å².